The summed E-state index contributed by atoms with van der Waals surface area (Å²) in [6.07, 6.45) is 11.1. The molecule has 0 spiro atoms. The number of aromatic amines is 1. The van der Waals surface area contributed by atoms with Crippen molar-refractivity contribution in [3.8, 4) is 28.3 Å². The van der Waals surface area contributed by atoms with Gasteiger partial charge in [0.25, 0.3) is 0 Å². The lowest BCUT2D eigenvalue weighted by Gasteiger charge is -2.13. The number of hydrogen-bond acceptors (Lipinski definition) is 6. The Morgan fingerprint density at radius 3 is 2.61 bits per heavy atom. The second kappa shape index (κ2) is 10.5. The van der Waals surface area contributed by atoms with Crippen molar-refractivity contribution in [2.75, 3.05) is 0 Å². The smallest absolute Gasteiger partial charge is 0.291 e. The van der Waals surface area contributed by atoms with Crippen LogP contribution in [-0.2, 0) is 19.5 Å². The summed E-state index contributed by atoms with van der Waals surface area (Å²) in [5, 5.41) is 19.0. The Labute approximate surface area is 208 Å². The molecule has 4 aromatic heterocycles. The standard InChI is InChI=1S/C26H29N9O/c1-3-5-8-20-18-34(24-12-14-28-35(24)15-4-2)26(36)33(20)17-19-16-27-13-11-21(19)22-9-6-7-10-23(22)25-29-31-32-30-25/h6-7,9-14,16,18H,3-5,8,15,17H2,1-2H3,(H,29,30,31,32). The van der Waals surface area contributed by atoms with Crippen molar-refractivity contribution in [3.05, 3.63) is 82.9 Å². The second-order valence-electron chi connectivity index (χ2n) is 8.69. The largest absolute Gasteiger partial charge is 0.334 e. The minimum Gasteiger partial charge on any atom is -0.291 e. The van der Waals surface area contributed by atoms with Crippen LogP contribution in [0.5, 0.6) is 0 Å². The van der Waals surface area contributed by atoms with E-state index in [1.165, 1.54) is 0 Å². The number of unbranched alkanes of at least 4 members (excludes halogenated alkanes) is 1. The molecule has 0 fully saturated rings. The fraction of sp³-hybridized carbons (Fsp3) is 0.308. The molecule has 0 aliphatic carbocycles. The van der Waals surface area contributed by atoms with Crippen molar-refractivity contribution in [1.82, 2.24) is 44.5 Å². The first-order valence-electron chi connectivity index (χ1n) is 12.3. The second-order valence-corrected chi connectivity index (χ2v) is 8.69. The van der Waals surface area contributed by atoms with E-state index in [0.29, 0.717) is 12.4 Å². The highest BCUT2D eigenvalue weighted by Gasteiger charge is 2.19. The van der Waals surface area contributed by atoms with Crippen LogP contribution < -0.4 is 5.69 Å². The summed E-state index contributed by atoms with van der Waals surface area (Å²) in [7, 11) is 0. The van der Waals surface area contributed by atoms with E-state index in [2.05, 4.69) is 44.6 Å². The fourth-order valence-corrected chi connectivity index (χ4v) is 4.51. The van der Waals surface area contributed by atoms with Crippen LogP contribution in [0.1, 0.15) is 44.4 Å². The number of benzene rings is 1. The van der Waals surface area contributed by atoms with Gasteiger partial charge >= 0.3 is 5.69 Å². The molecule has 5 rings (SSSR count). The molecule has 0 aliphatic heterocycles. The Hall–Kier alpha value is -4.34. The molecule has 1 aromatic carbocycles. The zero-order valence-electron chi connectivity index (χ0n) is 20.5. The molecule has 10 heteroatoms. The average molecular weight is 484 g/mol. The molecule has 0 unspecified atom stereocenters. The van der Waals surface area contributed by atoms with Crippen molar-refractivity contribution in [1.29, 1.82) is 0 Å². The highest BCUT2D eigenvalue weighted by atomic mass is 16.1. The van der Waals surface area contributed by atoms with E-state index < -0.39 is 0 Å². The van der Waals surface area contributed by atoms with E-state index in [0.717, 1.165) is 66.0 Å². The monoisotopic (exact) mass is 483 g/mol. The highest BCUT2D eigenvalue weighted by Crippen LogP contribution is 2.32. The minimum absolute atomic E-state index is 0.0831. The number of aromatic nitrogens is 9. The first-order chi connectivity index (χ1) is 17.7. The van der Waals surface area contributed by atoms with E-state index in [1.54, 1.807) is 17.0 Å². The van der Waals surface area contributed by atoms with Gasteiger partial charge in [-0.05, 0) is 47.2 Å². The predicted molar refractivity (Wildman–Crippen MR) is 137 cm³/mol. The maximum atomic E-state index is 13.7. The van der Waals surface area contributed by atoms with Gasteiger partial charge in [-0.25, -0.2) is 9.48 Å². The van der Waals surface area contributed by atoms with Crippen LogP contribution in [0.15, 0.2) is 66.0 Å². The predicted octanol–water partition coefficient (Wildman–Crippen LogP) is 3.88. The van der Waals surface area contributed by atoms with Crippen molar-refractivity contribution in [3.63, 3.8) is 0 Å². The van der Waals surface area contributed by atoms with Crippen LogP contribution in [0.4, 0.5) is 0 Å². The average Bonchev–Trinajstić information content (AvgIpc) is 3.66. The van der Waals surface area contributed by atoms with Crippen LogP contribution in [-0.4, -0.2) is 44.5 Å². The van der Waals surface area contributed by atoms with Crippen molar-refractivity contribution < 1.29 is 0 Å². The van der Waals surface area contributed by atoms with Crippen molar-refractivity contribution >= 4 is 0 Å². The molecule has 0 radical (unpaired) electrons. The molecule has 0 amide bonds. The van der Waals surface area contributed by atoms with Crippen LogP contribution >= 0.6 is 0 Å². The number of H-pyrrole nitrogens is 1. The first-order valence-corrected chi connectivity index (χ1v) is 12.3. The third-order valence-electron chi connectivity index (χ3n) is 6.26. The maximum absolute atomic E-state index is 13.7. The lowest BCUT2D eigenvalue weighted by Crippen LogP contribution is -2.26. The zero-order valence-corrected chi connectivity index (χ0v) is 20.5. The lowest BCUT2D eigenvalue weighted by molar-refractivity contribution is 0.581. The Morgan fingerprint density at radius 2 is 1.83 bits per heavy atom. The molecule has 5 aromatic rings. The van der Waals surface area contributed by atoms with Gasteiger partial charge in [0.2, 0.25) is 5.82 Å². The summed E-state index contributed by atoms with van der Waals surface area (Å²) in [6, 6.07) is 11.8. The molecule has 184 valence electrons. The normalized spacial score (nSPS) is 11.3. The molecular weight excluding hydrogens is 454 g/mol. The molecule has 36 heavy (non-hydrogen) atoms. The molecule has 0 aliphatic rings. The van der Waals surface area contributed by atoms with Gasteiger partial charge in [0.1, 0.15) is 5.82 Å². The van der Waals surface area contributed by atoms with E-state index >= 15 is 0 Å². The number of tetrazole rings is 1. The molecule has 0 bridgehead atoms. The first kappa shape index (κ1) is 23.4. The van der Waals surface area contributed by atoms with Gasteiger partial charge < -0.3 is 0 Å². The van der Waals surface area contributed by atoms with Gasteiger partial charge in [-0.2, -0.15) is 10.3 Å². The summed E-state index contributed by atoms with van der Waals surface area (Å²) >= 11 is 0. The van der Waals surface area contributed by atoms with Crippen LogP contribution in [0.25, 0.3) is 28.3 Å². The van der Waals surface area contributed by atoms with Gasteiger partial charge in [-0.1, -0.05) is 44.5 Å². The van der Waals surface area contributed by atoms with E-state index in [1.807, 2.05) is 58.0 Å². The van der Waals surface area contributed by atoms with E-state index in [-0.39, 0.29) is 5.69 Å². The number of hydrogen-bond donors (Lipinski definition) is 1. The number of rotatable bonds is 10. The fourth-order valence-electron chi connectivity index (χ4n) is 4.51. The lowest BCUT2D eigenvalue weighted by atomic mass is 9.96. The van der Waals surface area contributed by atoms with Crippen LogP contribution in [0.3, 0.4) is 0 Å². The number of nitrogens with one attached hydrogen (secondary N) is 1. The molecule has 10 nitrogen and oxygen atoms in total. The van der Waals surface area contributed by atoms with E-state index in [4.69, 9.17) is 0 Å². The zero-order chi connectivity index (χ0) is 24.9. The Balaban J connectivity index is 1.60. The summed E-state index contributed by atoms with van der Waals surface area (Å²) < 4.78 is 5.46. The third-order valence-corrected chi connectivity index (χ3v) is 6.26. The third kappa shape index (κ3) is 4.49. The highest BCUT2D eigenvalue weighted by molar-refractivity contribution is 5.81. The Kier molecular flexibility index (Phi) is 6.83. The van der Waals surface area contributed by atoms with Crippen molar-refractivity contribution in [2.45, 2.75) is 52.6 Å². The SMILES string of the molecule is CCCCc1cn(-c2ccnn2CCC)c(=O)n1Cc1cnccc1-c1ccccc1-c1nn[nH]n1. The number of nitrogens with zero attached hydrogens (tertiary/aromatic N) is 8. The summed E-state index contributed by atoms with van der Waals surface area (Å²) in [5.41, 5.74) is 4.64. The number of aryl methyl sites for hydroxylation is 2. The summed E-state index contributed by atoms with van der Waals surface area (Å²) in [4.78, 5) is 18.1. The Morgan fingerprint density at radius 1 is 0.972 bits per heavy atom. The quantitative estimate of drug-likeness (QED) is 0.323. The minimum atomic E-state index is -0.0831. The van der Waals surface area contributed by atoms with Gasteiger partial charge in [-0.3, -0.25) is 14.1 Å². The molecule has 0 saturated carbocycles. The molecule has 0 atom stereocenters. The van der Waals surface area contributed by atoms with Crippen LogP contribution in [0, 0.1) is 0 Å². The number of imidazole rings is 1. The maximum Gasteiger partial charge on any atom is 0.334 e. The van der Waals surface area contributed by atoms with E-state index in [9.17, 15) is 4.79 Å². The van der Waals surface area contributed by atoms with Gasteiger partial charge in [0.05, 0.1) is 12.7 Å². The Bertz CT molecular complexity index is 1490. The summed E-state index contributed by atoms with van der Waals surface area (Å²) in [6.45, 7) is 5.41. The van der Waals surface area contributed by atoms with Crippen molar-refractivity contribution in [2.24, 2.45) is 0 Å². The molecule has 1 N–H and O–H groups in total. The van der Waals surface area contributed by atoms with Gasteiger partial charge in [0.15, 0.2) is 0 Å². The topological polar surface area (TPSA) is 112 Å². The summed E-state index contributed by atoms with van der Waals surface area (Å²) in [5.74, 6) is 1.30. The van der Waals surface area contributed by atoms with Gasteiger partial charge in [-0.15, -0.1) is 10.2 Å². The van der Waals surface area contributed by atoms with Crippen LogP contribution in [0.2, 0.25) is 0 Å². The molecule has 0 saturated heterocycles. The number of pyridine rings is 1. The van der Waals surface area contributed by atoms with Gasteiger partial charge in [0, 0.05) is 42.5 Å². The molecular formula is C26H29N9O. The molecule has 4 heterocycles.